The molecule has 1 aromatic carbocycles. The van der Waals surface area contributed by atoms with Gasteiger partial charge in [0.15, 0.2) is 0 Å². The van der Waals surface area contributed by atoms with Crippen molar-refractivity contribution in [2.75, 3.05) is 18.8 Å². The molecule has 4 heteroatoms. The van der Waals surface area contributed by atoms with Crippen molar-refractivity contribution in [3.63, 3.8) is 0 Å². The summed E-state index contributed by atoms with van der Waals surface area (Å²) in [4.78, 5) is 14.3. The molecule has 0 aromatic heterocycles. The van der Waals surface area contributed by atoms with Crippen LogP contribution in [0.15, 0.2) is 24.3 Å². The van der Waals surface area contributed by atoms with Crippen LogP contribution < -0.4 is 11.1 Å². The van der Waals surface area contributed by atoms with Crippen LogP contribution in [0, 0.1) is 5.92 Å². The van der Waals surface area contributed by atoms with Crippen molar-refractivity contribution in [1.82, 2.24) is 10.2 Å². The highest BCUT2D eigenvalue weighted by atomic mass is 16.2. The van der Waals surface area contributed by atoms with Gasteiger partial charge in [-0.2, -0.15) is 0 Å². The molecule has 20 heavy (non-hydrogen) atoms. The van der Waals surface area contributed by atoms with Gasteiger partial charge in [0.25, 0.3) is 0 Å². The number of hydrogen-bond acceptors (Lipinski definition) is 3. The van der Waals surface area contributed by atoms with Gasteiger partial charge in [-0.3, -0.25) is 9.69 Å². The Morgan fingerprint density at radius 2 is 1.95 bits per heavy atom. The maximum Gasteiger partial charge on any atom is 0.237 e. The Balaban J connectivity index is 2.65. The van der Waals surface area contributed by atoms with Crippen LogP contribution in [0.4, 0.5) is 5.69 Å². The third-order valence-electron chi connectivity index (χ3n) is 3.45. The first kappa shape index (κ1) is 16.5. The molecule has 1 unspecified atom stereocenters. The van der Waals surface area contributed by atoms with Crippen LogP contribution in [0.1, 0.15) is 33.3 Å². The molecule has 1 atom stereocenters. The number of carbonyl (C=O) groups is 1. The Morgan fingerprint density at radius 1 is 1.30 bits per heavy atom. The zero-order chi connectivity index (χ0) is 15.1. The molecule has 0 aliphatic carbocycles. The number of nitrogens with one attached hydrogen (secondary N) is 1. The molecule has 1 rings (SSSR count). The zero-order valence-electron chi connectivity index (χ0n) is 13.0. The van der Waals surface area contributed by atoms with E-state index in [2.05, 4.69) is 31.0 Å². The second kappa shape index (κ2) is 7.90. The van der Waals surface area contributed by atoms with Crippen LogP contribution in [0.2, 0.25) is 0 Å². The first-order chi connectivity index (χ1) is 9.45. The summed E-state index contributed by atoms with van der Waals surface area (Å²) < 4.78 is 0. The molecule has 112 valence electrons. The molecule has 0 aliphatic rings. The third kappa shape index (κ3) is 4.85. The zero-order valence-corrected chi connectivity index (χ0v) is 13.0. The topological polar surface area (TPSA) is 58.4 Å². The average Bonchev–Trinajstić information content (AvgIpc) is 2.43. The van der Waals surface area contributed by atoms with Gasteiger partial charge in [-0.1, -0.05) is 39.0 Å². The first-order valence-corrected chi connectivity index (χ1v) is 7.30. The van der Waals surface area contributed by atoms with Gasteiger partial charge in [-0.25, -0.2) is 0 Å². The van der Waals surface area contributed by atoms with Gasteiger partial charge < -0.3 is 11.1 Å². The summed E-state index contributed by atoms with van der Waals surface area (Å²) in [5.74, 6) is 0.543. The van der Waals surface area contributed by atoms with Crippen molar-refractivity contribution in [2.24, 2.45) is 5.92 Å². The van der Waals surface area contributed by atoms with Gasteiger partial charge in [0.05, 0.1) is 6.04 Å². The minimum absolute atomic E-state index is 0.0788. The highest BCUT2D eigenvalue weighted by Gasteiger charge is 2.20. The largest absolute Gasteiger partial charge is 0.398 e. The summed E-state index contributed by atoms with van der Waals surface area (Å²) in [7, 11) is 0. The Morgan fingerprint density at radius 3 is 2.50 bits per heavy atom. The minimum atomic E-state index is -0.154. The van der Waals surface area contributed by atoms with Crippen LogP contribution in [0.3, 0.4) is 0 Å². The number of para-hydroxylation sites is 1. The Kier molecular flexibility index (Phi) is 6.52. The molecule has 0 saturated carbocycles. The minimum Gasteiger partial charge on any atom is -0.398 e. The van der Waals surface area contributed by atoms with E-state index >= 15 is 0 Å². The van der Waals surface area contributed by atoms with E-state index in [4.69, 9.17) is 5.73 Å². The normalized spacial score (nSPS) is 12.7. The number of hydrogen-bond donors (Lipinski definition) is 2. The van der Waals surface area contributed by atoms with Gasteiger partial charge in [-0.15, -0.1) is 0 Å². The molecular formula is C16H27N3O. The monoisotopic (exact) mass is 277 g/mol. The molecule has 1 aromatic rings. The molecule has 1 amide bonds. The van der Waals surface area contributed by atoms with E-state index < -0.39 is 0 Å². The van der Waals surface area contributed by atoms with Crippen molar-refractivity contribution in [3.8, 4) is 0 Å². The van der Waals surface area contributed by atoms with Gasteiger partial charge in [0, 0.05) is 18.8 Å². The second-order valence-corrected chi connectivity index (χ2v) is 5.58. The maximum atomic E-state index is 12.1. The number of carbonyl (C=O) groups excluding carboxylic acids is 1. The van der Waals surface area contributed by atoms with E-state index in [1.807, 2.05) is 31.2 Å². The maximum absolute atomic E-state index is 12.1. The SMILES string of the molecule is CCN(Cc1ccccc1N)C(C)C(=O)NCC(C)C. The van der Waals surface area contributed by atoms with Crippen molar-refractivity contribution < 1.29 is 4.79 Å². The number of benzene rings is 1. The molecule has 3 N–H and O–H groups in total. The van der Waals surface area contributed by atoms with Crippen molar-refractivity contribution >= 4 is 11.6 Å². The second-order valence-electron chi connectivity index (χ2n) is 5.58. The van der Waals surface area contributed by atoms with Crippen LogP contribution >= 0.6 is 0 Å². The quantitative estimate of drug-likeness (QED) is 0.752. The Hall–Kier alpha value is -1.55. The molecule has 0 aliphatic heterocycles. The van der Waals surface area contributed by atoms with E-state index in [-0.39, 0.29) is 11.9 Å². The molecule has 0 bridgehead atoms. The smallest absolute Gasteiger partial charge is 0.237 e. The summed E-state index contributed by atoms with van der Waals surface area (Å²) in [5, 5.41) is 2.99. The molecular weight excluding hydrogens is 250 g/mol. The van der Waals surface area contributed by atoms with E-state index in [1.165, 1.54) is 0 Å². The lowest BCUT2D eigenvalue weighted by Gasteiger charge is -2.27. The lowest BCUT2D eigenvalue weighted by molar-refractivity contribution is -0.126. The number of nitrogens with two attached hydrogens (primary N) is 1. The Labute approximate surface area is 122 Å². The summed E-state index contributed by atoms with van der Waals surface area (Å²) in [6.45, 7) is 10.4. The number of amides is 1. The lowest BCUT2D eigenvalue weighted by Crippen LogP contribution is -2.45. The molecule has 0 heterocycles. The fourth-order valence-corrected chi connectivity index (χ4v) is 2.04. The standard InChI is InChI=1S/C16H27N3O/c1-5-19(11-14-8-6-7-9-15(14)17)13(4)16(20)18-10-12(2)3/h6-9,12-13H,5,10-11,17H2,1-4H3,(H,18,20). The van der Waals surface area contributed by atoms with Crippen molar-refractivity contribution in [1.29, 1.82) is 0 Å². The fourth-order valence-electron chi connectivity index (χ4n) is 2.04. The predicted octanol–water partition coefficient (Wildman–Crippen LogP) is 2.25. The highest BCUT2D eigenvalue weighted by Crippen LogP contribution is 2.15. The van der Waals surface area contributed by atoms with Gasteiger partial charge in [-0.05, 0) is 31.0 Å². The summed E-state index contributed by atoms with van der Waals surface area (Å²) >= 11 is 0. The van der Waals surface area contributed by atoms with Crippen molar-refractivity contribution in [3.05, 3.63) is 29.8 Å². The predicted molar refractivity (Wildman–Crippen MR) is 84.2 cm³/mol. The molecule has 0 radical (unpaired) electrons. The Bertz CT molecular complexity index is 431. The number of anilines is 1. The number of nitrogens with zero attached hydrogens (tertiary/aromatic N) is 1. The van der Waals surface area contributed by atoms with E-state index in [0.29, 0.717) is 19.0 Å². The number of rotatable bonds is 7. The van der Waals surface area contributed by atoms with Gasteiger partial charge >= 0.3 is 0 Å². The van der Waals surface area contributed by atoms with Crippen LogP contribution in [-0.4, -0.2) is 29.9 Å². The molecule has 0 fully saturated rings. The summed E-state index contributed by atoms with van der Waals surface area (Å²) in [6, 6.07) is 7.65. The molecule has 0 saturated heterocycles. The van der Waals surface area contributed by atoms with Crippen LogP contribution in [0.5, 0.6) is 0 Å². The lowest BCUT2D eigenvalue weighted by atomic mass is 10.1. The molecule has 0 spiro atoms. The van der Waals surface area contributed by atoms with Crippen molar-refractivity contribution in [2.45, 2.75) is 40.3 Å². The van der Waals surface area contributed by atoms with Gasteiger partial charge in [0.1, 0.15) is 0 Å². The number of likely N-dealkylation sites (N-methyl/N-ethyl adjacent to an activating group) is 1. The summed E-state index contributed by atoms with van der Waals surface area (Å²) in [5.41, 5.74) is 7.82. The van der Waals surface area contributed by atoms with E-state index in [9.17, 15) is 4.79 Å². The fraction of sp³-hybridized carbons (Fsp3) is 0.562. The molecule has 4 nitrogen and oxygen atoms in total. The summed E-state index contributed by atoms with van der Waals surface area (Å²) in [6.07, 6.45) is 0. The third-order valence-corrected chi connectivity index (χ3v) is 3.45. The van der Waals surface area contributed by atoms with Crippen LogP contribution in [0.25, 0.3) is 0 Å². The highest BCUT2D eigenvalue weighted by molar-refractivity contribution is 5.81. The van der Waals surface area contributed by atoms with E-state index in [0.717, 1.165) is 17.8 Å². The average molecular weight is 277 g/mol. The van der Waals surface area contributed by atoms with Gasteiger partial charge in [0.2, 0.25) is 5.91 Å². The first-order valence-electron chi connectivity index (χ1n) is 7.30. The number of nitrogen functional groups attached to an aromatic ring is 1. The van der Waals surface area contributed by atoms with Crippen LogP contribution in [-0.2, 0) is 11.3 Å². The van der Waals surface area contributed by atoms with E-state index in [1.54, 1.807) is 0 Å².